The Morgan fingerprint density at radius 1 is 1.33 bits per heavy atom. The number of pyridine rings is 1. The van der Waals surface area contributed by atoms with Crippen LogP contribution in [-0.4, -0.2) is 19.1 Å². The van der Waals surface area contributed by atoms with Gasteiger partial charge in [0.15, 0.2) is 5.15 Å². The van der Waals surface area contributed by atoms with Crippen molar-refractivity contribution in [3.05, 3.63) is 21.9 Å². The van der Waals surface area contributed by atoms with Gasteiger partial charge in [0, 0.05) is 19.8 Å². The van der Waals surface area contributed by atoms with E-state index >= 15 is 0 Å². The summed E-state index contributed by atoms with van der Waals surface area (Å²) in [6.45, 7) is 1.86. The summed E-state index contributed by atoms with van der Waals surface area (Å²) >= 11 is 11.9. The summed E-state index contributed by atoms with van der Waals surface area (Å²) in [5.41, 5.74) is 1.60. The van der Waals surface area contributed by atoms with E-state index in [-0.39, 0.29) is 0 Å². The number of aromatic nitrogens is 1. The van der Waals surface area contributed by atoms with E-state index in [0.29, 0.717) is 10.2 Å². The van der Waals surface area contributed by atoms with E-state index in [1.165, 1.54) is 0 Å². The first-order valence-corrected chi connectivity index (χ1v) is 4.28. The van der Waals surface area contributed by atoms with E-state index < -0.39 is 0 Å². The van der Waals surface area contributed by atoms with Crippen LogP contribution in [0.4, 0.5) is 5.69 Å². The molecule has 2 nitrogen and oxygen atoms in total. The third-order valence-electron chi connectivity index (χ3n) is 1.48. The Labute approximate surface area is 82.1 Å². The molecule has 0 saturated heterocycles. The summed E-state index contributed by atoms with van der Waals surface area (Å²) in [5, 5.41) is 1.09. The van der Waals surface area contributed by atoms with Crippen molar-refractivity contribution in [3.8, 4) is 0 Å². The number of rotatable bonds is 1. The maximum Gasteiger partial charge on any atom is 0.154 e. The van der Waals surface area contributed by atoms with Gasteiger partial charge in [0.1, 0.15) is 0 Å². The molecule has 0 unspecified atom stereocenters. The van der Waals surface area contributed by atoms with Crippen LogP contribution in [-0.2, 0) is 0 Å². The molecule has 1 aromatic heterocycles. The van der Waals surface area contributed by atoms with Crippen LogP contribution in [0.3, 0.4) is 0 Å². The molecule has 0 aromatic carbocycles. The fraction of sp³-hybridized carbons (Fsp3) is 0.375. The molecular formula is C8H10Cl2N2. The summed E-state index contributed by atoms with van der Waals surface area (Å²) in [6.07, 6.45) is 0. The Balaban J connectivity index is 3.28. The van der Waals surface area contributed by atoms with Gasteiger partial charge in [-0.2, -0.15) is 0 Å². The second-order valence-corrected chi connectivity index (χ2v) is 3.54. The lowest BCUT2D eigenvalue weighted by Gasteiger charge is -2.15. The molecule has 0 spiro atoms. The van der Waals surface area contributed by atoms with Crippen molar-refractivity contribution in [1.29, 1.82) is 0 Å². The van der Waals surface area contributed by atoms with Crippen LogP contribution < -0.4 is 4.90 Å². The molecule has 12 heavy (non-hydrogen) atoms. The van der Waals surface area contributed by atoms with Crippen LogP contribution in [0.25, 0.3) is 0 Å². The van der Waals surface area contributed by atoms with Gasteiger partial charge in [-0.05, 0) is 13.0 Å². The zero-order valence-corrected chi connectivity index (χ0v) is 8.74. The van der Waals surface area contributed by atoms with E-state index in [9.17, 15) is 0 Å². The highest BCUT2D eigenvalue weighted by Gasteiger charge is 2.09. The van der Waals surface area contributed by atoms with Gasteiger partial charge in [-0.15, -0.1) is 0 Å². The highest BCUT2D eigenvalue weighted by Crippen LogP contribution is 2.30. The van der Waals surface area contributed by atoms with Crippen LogP contribution in [0.5, 0.6) is 0 Å². The molecule has 0 aliphatic carbocycles. The molecular weight excluding hydrogens is 195 g/mol. The molecule has 0 N–H and O–H groups in total. The van der Waals surface area contributed by atoms with Crippen LogP contribution in [0.1, 0.15) is 5.69 Å². The second kappa shape index (κ2) is 3.50. The topological polar surface area (TPSA) is 16.1 Å². The maximum absolute atomic E-state index is 5.96. The second-order valence-electron chi connectivity index (χ2n) is 2.78. The van der Waals surface area contributed by atoms with Crippen LogP contribution in [0, 0.1) is 6.92 Å². The molecule has 0 amide bonds. The van der Waals surface area contributed by atoms with Crippen molar-refractivity contribution in [3.63, 3.8) is 0 Å². The normalized spacial score (nSPS) is 10.1. The van der Waals surface area contributed by atoms with Gasteiger partial charge in [0.2, 0.25) is 0 Å². The van der Waals surface area contributed by atoms with E-state index in [1.807, 2.05) is 25.9 Å². The number of aryl methyl sites for hydroxylation is 1. The monoisotopic (exact) mass is 204 g/mol. The fourth-order valence-electron chi connectivity index (χ4n) is 0.988. The fourth-order valence-corrected chi connectivity index (χ4v) is 1.86. The Bertz CT molecular complexity index is 274. The van der Waals surface area contributed by atoms with E-state index in [4.69, 9.17) is 23.2 Å². The molecule has 1 rings (SSSR count). The molecule has 66 valence electrons. The lowest BCUT2D eigenvalue weighted by molar-refractivity contribution is 1.09. The minimum atomic E-state index is 0.449. The minimum absolute atomic E-state index is 0.449. The van der Waals surface area contributed by atoms with Crippen molar-refractivity contribution < 1.29 is 0 Å². The zero-order chi connectivity index (χ0) is 9.30. The third kappa shape index (κ3) is 1.82. The quantitative estimate of drug-likeness (QED) is 0.655. The zero-order valence-electron chi connectivity index (χ0n) is 7.23. The molecule has 0 fully saturated rings. The Hall–Kier alpha value is -0.470. The van der Waals surface area contributed by atoms with Crippen molar-refractivity contribution in [2.45, 2.75) is 6.92 Å². The van der Waals surface area contributed by atoms with E-state index in [2.05, 4.69) is 4.98 Å². The third-order valence-corrected chi connectivity index (χ3v) is 2.03. The van der Waals surface area contributed by atoms with Crippen LogP contribution in [0.15, 0.2) is 6.07 Å². The lowest BCUT2D eigenvalue weighted by Crippen LogP contribution is -2.10. The van der Waals surface area contributed by atoms with Gasteiger partial charge >= 0.3 is 0 Å². The number of hydrogen-bond acceptors (Lipinski definition) is 2. The highest BCUT2D eigenvalue weighted by molar-refractivity contribution is 6.38. The summed E-state index contributed by atoms with van der Waals surface area (Å²) in [6, 6.07) is 1.79. The lowest BCUT2D eigenvalue weighted by atomic mass is 10.3. The first-order chi connectivity index (χ1) is 5.52. The molecule has 0 saturated carbocycles. The van der Waals surface area contributed by atoms with Crippen LogP contribution >= 0.6 is 23.2 Å². The Kier molecular flexibility index (Phi) is 2.80. The van der Waals surface area contributed by atoms with Gasteiger partial charge in [-0.25, -0.2) is 4.98 Å². The summed E-state index contributed by atoms with van der Waals surface area (Å²) in [4.78, 5) is 5.94. The number of anilines is 1. The van der Waals surface area contributed by atoms with E-state index in [0.717, 1.165) is 11.4 Å². The Morgan fingerprint density at radius 3 is 2.33 bits per heavy atom. The standard InChI is InChI=1S/C8H10Cl2N2/c1-5-4-6(9)7(12(2)3)8(10)11-5/h4H,1-3H3. The average Bonchev–Trinajstić information content (AvgIpc) is 1.82. The molecule has 1 heterocycles. The highest BCUT2D eigenvalue weighted by atomic mass is 35.5. The van der Waals surface area contributed by atoms with E-state index in [1.54, 1.807) is 6.07 Å². The summed E-state index contributed by atoms with van der Waals surface area (Å²) in [5.74, 6) is 0. The molecule has 0 aliphatic heterocycles. The van der Waals surface area contributed by atoms with Gasteiger partial charge in [-0.3, -0.25) is 0 Å². The van der Waals surface area contributed by atoms with Gasteiger partial charge in [0.25, 0.3) is 0 Å². The number of hydrogen-bond donors (Lipinski definition) is 0. The molecule has 4 heteroatoms. The molecule has 0 radical (unpaired) electrons. The van der Waals surface area contributed by atoms with Crippen LogP contribution in [0.2, 0.25) is 10.2 Å². The van der Waals surface area contributed by atoms with Crippen molar-refractivity contribution in [2.24, 2.45) is 0 Å². The SMILES string of the molecule is Cc1cc(Cl)c(N(C)C)c(Cl)n1. The summed E-state index contributed by atoms with van der Waals surface area (Å²) in [7, 11) is 3.76. The predicted molar refractivity (Wildman–Crippen MR) is 53.3 cm³/mol. The average molecular weight is 205 g/mol. The first kappa shape index (κ1) is 9.62. The molecule has 1 aromatic rings. The van der Waals surface area contributed by atoms with Crippen molar-refractivity contribution in [1.82, 2.24) is 4.98 Å². The minimum Gasteiger partial charge on any atom is -0.374 e. The van der Waals surface area contributed by atoms with Gasteiger partial charge in [0.05, 0.1) is 10.7 Å². The first-order valence-electron chi connectivity index (χ1n) is 3.52. The number of halogens is 2. The summed E-state index contributed by atoms with van der Waals surface area (Å²) < 4.78 is 0. The molecule has 0 aliphatic rings. The Morgan fingerprint density at radius 2 is 1.92 bits per heavy atom. The van der Waals surface area contributed by atoms with Gasteiger partial charge in [-0.1, -0.05) is 23.2 Å². The smallest absolute Gasteiger partial charge is 0.154 e. The maximum atomic E-state index is 5.96. The molecule has 0 atom stereocenters. The van der Waals surface area contributed by atoms with Crippen molar-refractivity contribution >= 4 is 28.9 Å². The van der Waals surface area contributed by atoms with Gasteiger partial charge < -0.3 is 4.90 Å². The largest absolute Gasteiger partial charge is 0.374 e. The predicted octanol–water partition coefficient (Wildman–Crippen LogP) is 2.76. The number of nitrogens with zero attached hydrogens (tertiary/aromatic N) is 2. The molecule has 0 bridgehead atoms. The van der Waals surface area contributed by atoms with Crippen molar-refractivity contribution in [2.75, 3.05) is 19.0 Å².